The molecule has 1 aromatic rings. The van der Waals surface area contributed by atoms with Crippen molar-refractivity contribution < 1.29 is 14.3 Å². The van der Waals surface area contributed by atoms with Crippen molar-refractivity contribution in [2.45, 2.75) is 32.8 Å². The van der Waals surface area contributed by atoms with E-state index in [1.807, 2.05) is 13.8 Å². The highest BCUT2D eigenvalue weighted by atomic mass is 16.6. The van der Waals surface area contributed by atoms with Gasteiger partial charge in [0.1, 0.15) is 11.9 Å². The maximum Gasteiger partial charge on any atom is 0.344 e. The van der Waals surface area contributed by atoms with Gasteiger partial charge in [-0.3, -0.25) is 0 Å². The highest BCUT2D eigenvalue weighted by molar-refractivity contribution is 5.71. The molecule has 0 saturated carbocycles. The Morgan fingerprint density at radius 1 is 1.24 bits per heavy atom. The Balaban J connectivity index is 2.35. The van der Waals surface area contributed by atoms with E-state index in [0.717, 1.165) is 12.8 Å². The molecule has 0 amide bonds. The summed E-state index contributed by atoms with van der Waals surface area (Å²) in [5.41, 5.74) is 6.20. The van der Waals surface area contributed by atoms with Gasteiger partial charge in [0.05, 0.1) is 0 Å². The number of benzene rings is 1. The second-order valence-electron chi connectivity index (χ2n) is 3.79. The molecular weight excluding hydrogens is 218 g/mol. The first-order valence-electron chi connectivity index (χ1n) is 5.83. The van der Waals surface area contributed by atoms with Gasteiger partial charge >= 0.3 is 5.97 Å². The maximum atomic E-state index is 11.4. The van der Waals surface area contributed by atoms with E-state index < -0.39 is 0 Å². The van der Waals surface area contributed by atoms with E-state index >= 15 is 0 Å². The van der Waals surface area contributed by atoms with Crippen molar-refractivity contribution in [3.63, 3.8) is 0 Å². The van der Waals surface area contributed by atoms with Gasteiger partial charge in [-0.05, 0) is 37.1 Å². The summed E-state index contributed by atoms with van der Waals surface area (Å²) in [4.78, 5) is 11.4. The number of hydrogen-bond donors (Lipinski definition) is 1. The Labute approximate surface area is 102 Å². The Hall–Kier alpha value is -1.71. The zero-order valence-corrected chi connectivity index (χ0v) is 10.3. The number of nitrogens with two attached hydrogens (primary N) is 1. The van der Waals surface area contributed by atoms with Crippen molar-refractivity contribution in [1.82, 2.24) is 0 Å². The number of esters is 1. The van der Waals surface area contributed by atoms with Crippen LogP contribution in [-0.2, 0) is 9.53 Å². The molecule has 94 valence electrons. The summed E-state index contributed by atoms with van der Waals surface area (Å²) < 4.78 is 10.5. The van der Waals surface area contributed by atoms with Crippen molar-refractivity contribution in [2.24, 2.45) is 0 Å². The Morgan fingerprint density at radius 3 is 2.35 bits per heavy atom. The highest BCUT2D eigenvalue weighted by Gasteiger charge is 2.10. The molecule has 1 rings (SSSR count). The summed E-state index contributed by atoms with van der Waals surface area (Å²) in [5.74, 6) is 0.274. The molecule has 1 aromatic carbocycles. The summed E-state index contributed by atoms with van der Waals surface area (Å²) in [7, 11) is 0. The molecule has 0 spiro atoms. The van der Waals surface area contributed by atoms with Crippen LogP contribution in [0, 0.1) is 0 Å². The lowest BCUT2D eigenvalue weighted by Gasteiger charge is -2.14. The average Bonchev–Trinajstić information content (AvgIpc) is 2.35. The van der Waals surface area contributed by atoms with Gasteiger partial charge < -0.3 is 15.2 Å². The average molecular weight is 237 g/mol. The molecule has 0 heterocycles. The van der Waals surface area contributed by atoms with E-state index in [1.165, 1.54) is 0 Å². The lowest BCUT2D eigenvalue weighted by Crippen LogP contribution is -2.21. The van der Waals surface area contributed by atoms with Gasteiger partial charge in [-0.25, -0.2) is 4.79 Å². The molecule has 4 heteroatoms. The summed E-state index contributed by atoms with van der Waals surface area (Å²) in [6.45, 7) is 3.91. The van der Waals surface area contributed by atoms with E-state index in [1.54, 1.807) is 24.3 Å². The SMILES string of the molecule is CCC(CC)OC(=O)COc1ccc(N)cc1. The van der Waals surface area contributed by atoms with E-state index in [4.69, 9.17) is 15.2 Å². The predicted molar refractivity (Wildman–Crippen MR) is 66.8 cm³/mol. The molecule has 0 fully saturated rings. The third kappa shape index (κ3) is 4.76. The van der Waals surface area contributed by atoms with Crippen molar-refractivity contribution >= 4 is 11.7 Å². The fraction of sp³-hybridized carbons (Fsp3) is 0.462. The maximum absolute atomic E-state index is 11.4. The Bertz CT molecular complexity index is 344. The standard InChI is InChI=1S/C13H19NO3/c1-3-11(4-2)17-13(15)9-16-12-7-5-10(14)6-8-12/h5-8,11H,3-4,9,14H2,1-2H3. The molecule has 0 radical (unpaired) electrons. The number of carbonyl (C=O) groups is 1. The topological polar surface area (TPSA) is 61.5 Å². The van der Waals surface area contributed by atoms with Crippen LogP contribution in [0.25, 0.3) is 0 Å². The van der Waals surface area contributed by atoms with Gasteiger partial charge in [0.2, 0.25) is 0 Å². The van der Waals surface area contributed by atoms with E-state index in [-0.39, 0.29) is 18.7 Å². The van der Waals surface area contributed by atoms with Crippen molar-refractivity contribution in [3.8, 4) is 5.75 Å². The van der Waals surface area contributed by atoms with Gasteiger partial charge in [0, 0.05) is 5.69 Å². The molecule has 0 saturated heterocycles. The van der Waals surface area contributed by atoms with Crippen LogP contribution in [0.2, 0.25) is 0 Å². The number of ether oxygens (including phenoxy) is 2. The van der Waals surface area contributed by atoms with E-state index in [0.29, 0.717) is 11.4 Å². The van der Waals surface area contributed by atoms with Gasteiger partial charge in [-0.2, -0.15) is 0 Å². The lowest BCUT2D eigenvalue weighted by molar-refractivity contribution is -0.151. The first-order chi connectivity index (χ1) is 8.15. The molecule has 4 nitrogen and oxygen atoms in total. The highest BCUT2D eigenvalue weighted by Crippen LogP contribution is 2.13. The zero-order chi connectivity index (χ0) is 12.7. The number of hydrogen-bond acceptors (Lipinski definition) is 4. The van der Waals surface area contributed by atoms with Crippen LogP contribution in [0.3, 0.4) is 0 Å². The van der Waals surface area contributed by atoms with Crippen LogP contribution in [0.1, 0.15) is 26.7 Å². The van der Waals surface area contributed by atoms with Crippen molar-refractivity contribution in [1.29, 1.82) is 0 Å². The van der Waals surface area contributed by atoms with Crippen LogP contribution < -0.4 is 10.5 Å². The third-order valence-corrected chi connectivity index (χ3v) is 2.45. The molecule has 0 aliphatic carbocycles. The Morgan fingerprint density at radius 2 is 1.82 bits per heavy atom. The zero-order valence-electron chi connectivity index (χ0n) is 10.3. The summed E-state index contributed by atoms with van der Waals surface area (Å²) in [6.07, 6.45) is 1.63. The molecule has 0 unspecified atom stereocenters. The normalized spacial score (nSPS) is 10.3. The molecule has 0 aliphatic rings. The monoisotopic (exact) mass is 237 g/mol. The molecule has 0 atom stereocenters. The second kappa shape index (κ2) is 6.78. The van der Waals surface area contributed by atoms with E-state index in [9.17, 15) is 4.79 Å². The lowest BCUT2D eigenvalue weighted by atomic mass is 10.2. The summed E-state index contributed by atoms with van der Waals surface area (Å²) in [5, 5.41) is 0. The van der Waals surface area contributed by atoms with Gasteiger partial charge in [0.15, 0.2) is 6.61 Å². The first-order valence-corrected chi connectivity index (χ1v) is 5.83. The summed E-state index contributed by atoms with van der Waals surface area (Å²) in [6, 6.07) is 6.89. The van der Waals surface area contributed by atoms with Gasteiger partial charge in [0.25, 0.3) is 0 Å². The van der Waals surface area contributed by atoms with Crippen LogP contribution >= 0.6 is 0 Å². The third-order valence-electron chi connectivity index (χ3n) is 2.45. The predicted octanol–water partition coefficient (Wildman–Crippen LogP) is 2.38. The number of rotatable bonds is 6. The minimum atomic E-state index is -0.337. The number of nitrogen functional groups attached to an aromatic ring is 1. The van der Waals surface area contributed by atoms with Crippen molar-refractivity contribution in [2.75, 3.05) is 12.3 Å². The fourth-order valence-corrected chi connectivity index (χ4v) is 1.38. The van der Waals surface area contributed by atoms with E-state index in [2.05, 4.69) is 0 Å². The smallest absolute Gasteiger partial charge is 0.344 e. The van der Waals surface area contributed by atoms with Crippen LogP contribution in [0.5, 0.6) is 5.75 Å². The number of anilines is 1. The fourth-order valence-electron chi connectivity index (χ4n) is 1.38. The minimum Gasteiger partial charge on any atom is -0.482 e. The molecule has 17 heavy (non-hydrogen) atoms. The summed E-state index contributed by atoms with van der Waals surface area (Å²) >= 11 is 0. The molecule has 0 bridgehead atoms. The molecular formula is C13H19NO3. The minimum absolute atomic E-state index is 0.0162. The van der Waals surface area contributed by atoms with Crippen LogP contribution in [0.15, 0.2) is 24.3 Å². The molecule has 0 aromatic heterocycles. The quantitative estimate of drug-likeness (QED) is 0.609. The van der Waals surface area contributed by atoms with Crippen LogP contribution in [0.4, 0.5) is 5.69 Å². The van der Waals surface area contributed by atoms with Gasteiger partial charge in [-0.1, -0.05) is 13.8 Å². The first kappa shape index (κ1) is 13.4. The number of carbonyl (C=O) groups excluding carboxylic acids is 1. The molecule has 0 aliphatic heterocycles. The second-order valence-corrected chi connectivity index (χ2v) is 3.79. The van der Waals surface area contributed by atoms with Crippen LogP contribution in [-0.4, -0.2) is 18.7 Å². The molecule has 2 N–H and O–H groups in total. The van der Waals surface area contributed by atoms with Gasteiger partial charge in [-0.15, -0.1) is 0 Å². The Kier molecular flexibility index (Phi) is 5.33. The largest absolute Gasteiger partial charge is 0.482 e. The van der Waals surface area contributed by atoms with Crippen molar-refractivity contribution in [3.05, 3.63) is 24.3 Å².